The zero-order valence-corrected chi connectivity index (χ0v) is 9.58. The van der Waals surface area contributed by atoms with Crippen molar-refractivity contribution in [2.75, 3.05) is 6.54 Å². The average molecular weight is 203 g/mol. The Morgan fingerprint density at radius 1 is 1.27 bits per heavy atom. The first-order valence-electron chi connectivity index (χ1n) is 6.20. The molecule has 0 aromatic heterocycles. The van der Waals surface area contributed by atoms with Crippen molar-refractivity contribution in [2.45, 2.75) is 38.6 Å². The summed E-state index contributed by atoms with van der Waals surface area (Å²) in [7, 11) is 0. The predicted molar refractivity (Wildman–Crippen MR) is 64.8 cm³/mol. The zero-order chi connectivity index (χ0) is 10.5. The van der Waals surface area contributed by atoms with Gasteiger partial charge in [0.05, 0.1) is 0 Å². The molecule has 0 saturated carbocycles. The molecule has 1 N–H and O–H groups in total. The van der Waals surface area contributed by atoms with Gasteiger partial charge in [0.1, 0.15) is 0 Å². The summed E-state index contributed by atoms with van der Waals surface area (Å²) in [6, 6.07) is 11.5. The summed E-state index contributed by atoms with van der Waals surface area (Å²) in [6.45, 7) is 3.47. The minimum Gasteiger partial charge on any atom is -0.310 e. The van der Waals surface area contributed by atoms with Gasteiger partial charge >= 0.3 is 0 Å². The van der Waals surface area contributed by atoms with Crippen molar-refractivity contribution < 1.29 is 0 Å². The normalized spacial score (nSPS) is 25.7. The lowest BCUT2D eigenvalue weighted by Crippen LogP contribution is -2.17. The molecule has 1 nitrogen and oxygen atoms in total. The van der Waals surface area contributed by atoms with Gasteiger partial charge in [0.15, 0.2) is 0 Å². The maximum absolute atomic E-state index is 3.63. The second kappa shape index (κ2) is 5.32. The molecule has 0 aliphatic carbocycles. The van der Waals surface area contributed by atoms with Crippen LogP contribution in [0, 0.1) is 5.92 Å². The van der Waals surface area contributed by atoms with Gasteiger partial charge in [0, 0.05) is 6.04 Å². The SMILES string of the molecule is CCCCC1CCNC1c1ccccc1. The van der Waals surface area contributed by atoms with Crippen LogP contribution in [0.4, 0.5) is 0 Å². The summed E-state index contributed by atoms with van der Waals surface area (Å²) >= 11 is 0. The topological polar surface area (TPSA) is 12.0 Å². The van der Waals surface area contributed by atoms with E-state index < -0.39 is 0 Å². The molecule has 1 heteroatoms. The lowest BCUT2D eigenvalue weighted by Gasteiger charge is -2.19. The second-order valence-electron chi connectivity index (χ2n) is 4.53. The molecule has 0 radical (unpaired) electrons. The Morgan fingerprint density at radius 3 is 2.80 bits per heavy atom. The third-order valence-electron chi connectivity index (χ3n) is 3.44. The fourth-order valence-electron chi connectivity index (χ4n) is 2.59. The summed E-state index contributed by atoms with van der Waals surface area (Å²) in [5, 5.41) is 3.63. The molecular formula is C14H21N. The van der Waals surface area contributed by atoms with Crippen LogP contribution in [0.2, 0.25) is 0 Å². The third-order valence-corrected chi connectivity index (χ3v) is 3.44. The highest BCUT2D eigenvalue weighted by Gasteiger charge is 2.26. The van der Waals surface area contributed by atoms with Gasteiger partial charge in [-0.25, -0.2) is 0 Å². The molecule has 2 unspecified atom stereocenters. The van der Waals surface area contributed by atoms with E-state index in [4.69, 9.17) is 0 Å². The monoisotopic (exact) mass is 203 g/mol. The van der Waals surface area contributed by atoms with Crippen molar-refractivity contribution >= 4 is 0 Å². The molecule has 2 rings (SSSR count). The first-order chi connectivity index (χ1) is 7.42. The van der Waals surface area contributed by atoms with Crippen molar-refractivity contribution in [3.05, 3.63) is 35.9 Å². The number of hydrogen-bond acceptors (Lipinski definition) is 1. The highest BCUT2D eigenvalue weighted by molar-refractivity contribution is 5.20. The summed E-state index contributed by atoms with van der Waals surface area (Å²) in [5.74, 6) is 0.854. The van der Waals surface area contributed by atoms with Crippen molar-refractivity contribution in [1.29, 1.82) is 0 Å². The van der Waals surface area contributed by atoms with Crippen molar-refractivity contribution in [1.82, 2.24) is 5.32 Å². The van der Waals surface area contributed by atoms with Crippen LogP contribution in [0.15, 0.2) is 30.3 Å². The van der Waals surface area contributed by atoms with Crippen molar-refractivity contribution in [2.24, 2.45) is 5.92 Å². The van der Waals surface area contributed by atoms with Gasteiger partial charge in [-0.05, 0) is 30.9 Å². The molecule has 1 aromatic rings. The fraction of sp³-hybridized carbons (Fsp3) is 0.571. The van der Waals surface area contributed by atoms with E-state index in [1.807, 2.05) is 0 Å². The number of unbranched alkanes of at least 4 members (excludes halogenated alkanes) is 1. The van der Waals surface area contributed by atoms with E-state index in [0.29, 0.717) is 6.04 Å². The molecule has 1 heterocycles. The fourth-order valence-corrected chi connectivity index (χ4v) is 2.59. The summed E-state index contributed by atoms with van der Waals surface area (Å²) in [5.41, 5.74) is 1.47. The smallest absolute Gasteiger partial charge is 0.0349 e. The standard InChI is InChI=1S/C14H21N/c1-2-3-7-13-10-11-15-14(13)12-8-5-4-6-9-12/h4-6,8-9,13-15H,2-3,7,10-11H2,1H3. The van der Waals surface area contributed by atoms with Gasteiger partial charge in [-0.15, -0.1) is 0 Å². The molecule has 1 fully saturated rings. The Hall–Kier alpha value is -0.820. The molecule has 15 heavy (non-hydrogen) atoms. The zero-order valence-electron chi connectivity index (χ0n) is 9.58. The predicted octanol–water partition coefficient (Wildman–Crippen LogP) is 3.53. The minimum absolute atomic E-state index is 0.609. The Balaban J connectivity index is 2.01. The third kappa shape index (κ3) is 2.60. The number of rotatable bonds is 4. The Bertz CT molecular complexity index is 281. The molecular weight excluding hydrogens is 182 g/mol. The highest BCUT2D eigenvalue weighted by Crippen LogP contribution is 2.32. The maximum atomic E-state index is 3.63. The number of nitrogens with one attached hydrogen (secondary N) is 1. The number of hydrogen-bond donors (Lipinski definition) is 1. The van der Waals surface area contributed by atoms with Crippen LogP contribution >= 0.6 is 0 Å². The van der Waals surface area contributed by atoms with Gasteiger partial charge in [0.25, 0.3) is 0 Å². The summed E-state index contributed by atoms with van der Waals surface area (Å²) < 4.78 is 0. The number of benzene rings is 1. The van der Waals surface area contributed by atoms with E-state index in [1.165, 1.54) is 37.8 Å². The first-order valence-corrected chi connectivity index (χ1v) is 6.20. The quantitative estimate of drug-likeness (QED) is 0.789. The van der Waals surface area contributed by atoms with Crippen LogP contribution in [0.5, 0.6) is 0 Å². The van der Waals surface area contributed by atoms with E-state index in [9.17, 15) is 0 Å². The van der Waals surface area contributed by atoms with Crippen molar-refractivity contribution in [3.63, 3.8) is 0 Å². The average Bonchev–Trinajstić information content (AvgIpc) is 2.75. The van der Waals surface area contributed by atoms with Crippen LogP contribution in [-0.2, 0) is 0 Å². The first kappa shape index (κ1) is 10.7. The molecule has 0 bridgehead atoms. The summed E-state index contributed by atoms with van der Waals surface area (Å²) in [4.78, 5) is 0. The largest absolute Gasteiger partial charge is 0.310 e. The Labute approximate surface area is 92.9 Å². The van der Waals surface area contributed by atoms with Gasteiger partial charge in [-0.3, -0.25) is 0 Å². The Kier molecular flexibility index (Phi) is 3.79. The van der Waals surface area contributed by atoms with E-state index in [0.717, 1.165) is 5.92 Å². The van der Waals surface area contributed by atoms with E-state index in [2.05, 4.69) is 42.6 Å². The molecule has 1 aromatic carbocycles. The molecule has 82 valence electrons. The second-order valence-corrected chi connectivity index (χ2v) is 4.53. The van der Waals surface area contributed by atoms with Gasteiger partial charge in [-0.1, -0.05) is 50.1 Å². The van der Waals surface area contributed by atoms with Crippen LogP contribution < -0.4 is 5.32 Å². The molecule has 2 atom stereocenters. The lowest BCUT2D eigenvalue weighted by molar-refractivity contribution is 0.417. The molecule has 0 spiro atoms. The van der Waals surface area contributed by atoms with E-state index in [1.54, 1.807) is 0 Å². The van der Waals surface area contributed by atoms with Gasteiger partial charge in [0.2, 0.25) is 0 Å². The molecule has 1 aliphatic heterocycles. The van der Waals surface area contributed by atoms with Crippen LogP contribution in [-0.4, -0.2) is 6.54 Å². The molecule has 1 saturated heterocycles. The van der Waals surface area contributed by atoms with Crippen LogP contribution in [0.3, 0.4) is 0 Å². The van der Waals surface area contributed by atoms with Crippen LogP contribution in [0.25, 0.3) is 0 Å². The summed E-state index contributed by atoms with van der Waals surface area (Å²) in [6.07, 6.45) is 5.41. The van der Waals surface area contributed by atoms with Gasteiger partial charge < -0.3 is 5.32 Å². The minimum atomic E-state index is 0.609. The maximum Gasteiger partial charge on any atom is 0.0349 e. The van der Waals surface area contributed by atoms with Crippen molar-refractivity contribution in [3.8, 4) is 0 Å². The lowest BCUT2D eigenvalue weighted by atomic mass is 9.90. The molecule has 1 aliphatic rings. The molecule has 0 amide bonds. The van der Waals surface area contributed by atoms with E-state index >= 15 is 0 Å². The highest BCUT2D eigenvalue weighted by atomic mass is 14.9. The van der Waals surface area contributed by atoms with E-state index in [-0.39, 0.29) is 0 Å². The van der Waals surface area contributed by atoms with Gasteiger partial charge in [-0.2, -0.15) is 0 Å². The van der Waals surface area contributed by atoms with Crippen LogP contribution in [0.1, 0.15) is 44.2 Å². The Morgan fingerprint density at radius 2 is 2.07 bits per heavy atom.